The quantitative estimate of drug-likeness (QED) is 0.575. The van der Waals surface area contributed by atoms with E-state index in [0.717, 1.165) is 0 Å². The molecule has 16 heavy (non-hydrogen) atoms. The van der Waals surface area contributed by atoms with Crippen LogP contribution in [-0.2, 0) is 14.3 Å². The van der Waals surface area contributed by atoms with Crippen molar-refractivity contribution in [2.45, 2.75) is 19.4 Å². The number of aliphatic carboxylic acids is 1. The van der Waals surface area contributed by atoms with Crippen LogP contribution in [0.5, 0.6) is 0 Å². The summed E-state index contributed by atoms with van der Waals surface area (Å²) < 4.78 is 5.34. The number of carbonyl (C=O) groups excluding carboxylic acids is 1. The third-order valence-electron chi connectivity index (χ3n) is 2.48. The van der Waals surface area contributed by atoms with Gasteiger partial charge in [-0.3, -0.25) is 9.59 Å². The van der Waals surface area contributed by atoms with Gasteiger partial charge in [0.1, 0.15) is 6.61 Å². The monoisotopic (exact) mass is 230 g/mol. The Morgan fingerprint density at radius 2 is 2.25 bits per heavy atom. The van der Waals surface area contributed by atoms with Crippen LogP contribution < -0.4 is 10.6 Å². The molecular formula is C10H18N2O4. The van der Waals surface area contributed by atoms with E-state index in [2.05, 4.69) is 10.6 Å². The van der Waals surface area contributed by atoms with Crippen molar-refractivity contribution >= 4 is 11.9 Å². The zero-order valence-corrected chi connectivity index (χ0v) is 9.36. The minimum atomic E-state index is -0.821. The molecule has 0 aromatic heterocycles. The lowest BCUT2D eigenvalue weighted by atomic mass is 9.98. The van der Waals surface area contributed by atoms with Crippen molar-refractivity contribution in [2.75, 3.05) is 26.2 Å². The number of rotatable bonds is 5. The second kappa shape index (κ2) is 6.44. The summed E-state index contributed by atoms with van der Waals surface area (Å²) in [6, 6.07) is 0. The number of amides is 1. The van der Waals surface area contributed by atoms with E-state index < -0.39 is 11.9 Å². The van der Waals surface area contributed by atoms with Crippen LogP contribution in [0.2, 0.25) is 0 Å². The zero-order valence-electron chi connectivity index (χ0n) is 9.36. The predicted octanol–water partition coefficient (Wildman–Crippen LogP) is -0.798. The van der Waals surface area contributed by atoms with E-state index in [9.17, 15) is 9.59 Å². The predicted molar refractivity (Wildman–Crippen MR) is 57.0 cm³/mol. The first-order valence-electron chi connectivity index (χ1n) is 5.45. The fourth-order valence-electron chi connectivity index (χ4n) is 1.66. The van der Waals surface area contributed by atoms with Crippen LogP contribution in [0.15, 0.2) is 0 Å². The van der Waals surface area contributed by atoms with Gasteiger partial charge in [0.25, 0.3) is 0 Å². The maximum atomic E-state index is 11.1. The fraction of sp³-hybridized carbons (Fsp3) is 0.800. The number of hydrogen-bond acceptors (Lipinski definition) is 4. The molecule has 6 nitrogen and oxygen atoms in total. The third kappa shape index (κ3) is 4.16. The minimum Gasteiger partial charge on any atom is -0.481 e. The molecule has 0 aromatic rings. The van der Waals surface area contributed by atoms with Crippen molar-refractivity contribution in [3.8, 4) is 0 Å². The first-order chi connectivity index (χ1) is 7.63. The molecule has 0 saturated carbocycles. The molecule has 6 heteroatoms. The van der Waals surface area contributed by atoms with Crippen LogP contribution >= 0.6 is 0 Å². The Balaban J connectivity index is 2.26. The summed E-state index contributed by atoms with van der Waals surface area (Å²) in [4.78, 5) is 21.9. The molecule has 3 N–H and O–H groups in total. The Hall–Kier alpha value is -1.14. The first-order valence-corrected chi connectivity index (χ1v) is 5.45. The highest BCUT2D eigenvalue weighted by Gasteiger charge is 2.27. The van der Waals surface area contributed by atoms with Crippen LogP contribution in [0.1, 0.15) is 13.3 Å². The van der Waals surface area contributed by atoms with Crippen molar-refractivity contribution in [2.24, 2.45) is 5.92 Å². The Labute approximate surface area is 94.3 Å². The minimum absolute atomic E-state index is 0.00741. The first kappa shape index (κ1) is 12.9. The molecule has 0 bridgehead atoms. The Morgan fingerprint density at radius 3 is 2.88 bits per heavy atom. The van der Waals surface area contributed by atoms with E-state index in [1.54, 1.807) is 0 Å². The molecule has 92 valence electrons. The summed E-state index contributed by atoms with van der Waals surface area (Å²) in [6.45, 7) is 3.47. The topological polar surface area (TPSA) is 87.7 Å². The normalized spacial score (nSPS) is 25.1. The highest BCUT2D eigenvalue weighted by atomic mass is 16.5. The van der Waals surface area contributed by atoms with Crippen LogP contribution in [0.4, 0.5) is 0 Å². The average Bonchev–Trinajstić information content (AvgIpc) is 2.27. The second-order valence-electron chi connectivity index (χ2n) is 3.82. The summed E-state index contributed by atoms with van der Waals surface area (Å²) in [6.07, 6.45) is 0.263. The number of carbonyl (C=O) groups is 2. The van der Waals surface area contributed by atoms with Crippen LogP contribution in [0.25, 0.3) is 0 Å². The summed E-state index contributed by atoms with van der Waals surface area (Å²) >= 11 is 0. The lowest BCUT2D eigenvalue weighted by Crippen LogP contribution is -2.44. The largest absolute Gasteiger partial charge is 0.481 e. The molecule has 1 aliphatic heterocycles. The van der Waals surface area contributed by atoms with E-state index in [1.807, 2.05) is 6.92 Å². The highest BCUT2D eigenvalue weighted by Crippen LogP contribution is 2.13. The Morgan fingerprint density at radius 1 is 1.50 bits per heavy atom. The van der Waals surface area contributed by atoms with Gasteiger partial charge in [-0.1, -0.05) is 0 Å². The number of nitrogens with one attached hydrogen (secondary N) is 2. The molecule has 1 aliphatic rings. The molecule has 1 fully saturated rings. The van der Waals surface area contributed by atoms with E-state index in [1.165, 1.54) is 0 Å². The molecule has 2 atom stereocenters. The van der Waals surface area contributed by atoms with E-state index >= 15 is 0 Å². The number of carboxylic acid groups (broad SMARTS) is 1. The van der Waals surface area contributed by atoms with Crippen molar-refractivity contribution in [1.29, 1.82) is 0 Å². The molecular weight excluding hydrogens is 212 g/mol. The SMILES string of the molecule is CCNC(=O)COC1CNCC(C(=O)O)C1. The summed E-state index contributed by atoms with van der Waals surface area (Å²) in [5, 5.41) is 14.4. The number of hydrogen-bond donors (Lipinski definition) is 3. The van der Waals surface area contributed by atoms with Crippen molar-refractivity contribution in [3.63, 3.8) is 0 Å². The van der Waals surface area contributed by atoms with Crippen molar-refractivity contribution < 1.29 is 19.4 Å². The summed E-state index contributed by atoms with van der Waals surface area (Å²) in [7, 11) is 0. The lowest BCUT2D eigenvalue weighted by Gasteiger charge is -2.27. The van der Waals surface area contributed by atoms with Gasteiger partial charge in [-0.15, -0.1) is 0 Å². The third-order valence-corrected chi connectivity index (χ3v) is 2.48. The van der Waals surface area contributed by atoms with Crippen LogP contribution in [-0.4, -0.2) is 49.3 Å². The van der Waals surface area contributed by atoms with Gasteiger partial charge < -0.3 is 20.5 Å². The van der Waals surface area contributed by atoms with Gasteiger partial charge in [0.15, 0.2) is 0 Å². The van der Waals surface area contributed by atoms with Gasteiger partial charge in [0, 0.05) is 19.6 Å². The number of piperidine rings is 1. The van der Waals surface area contributed by atoms with Crippen molar-refractivity contribution in [3.05, 3.63) is 0 Å². The Bertz CT molecular complexity index is 257. The lowest BCUT2D eigenvalue weighted by molar-refractivity contribution is -0.144. The highest BCUT2D eigenvalue weighted by molar-refractivity contribution is 5.77. The molecule has 0 aliphatic carbocycles. The smallest absolute Gasteiger partial charge is 0.307 e. The molecule has 1 heterocycles. The molecule has 2 unspecified atom stereocenters. The van der Waals surface area contributed by atoms with Gasteiger partial charge in [0.05, 0.1) is 12.0 Å². The summed E-state index contributed by atoms with van der Waals surface area (Å²) in [5.41, 5.74) is 0. The zero-order chi connectivity index (χ0) is 12.0. The number of ether oxygens (including phenoxy) is 1. The second-order valence-corrected chi connectivity index (χ2v) is 3.82. The van der Waals surface area contributed by atoms with E-state index in [0.29, 0.717) is 26.1 Å². The van der Waals surface area contributed by atoms with Gasteiger partial charge in [-0.05, 0) is 13.3 Å². The maximum Gasteiger partial charge on any atom is 0.307 e. The molecule has 1 amide bonds. The number of carboxylic acids is 1. The molecule has 0 spiro atoms. The molecule has 1 saturated heterocycles. The van der Waals surface area contributed by atoms with Crippen LogP contribution in [0, 0.1) is 5.92 Å². The van der Waals surface area contributed by atoms with Gasteiger partial charge in [0.2, 0.25) is 5.91 Å². The number of likely N-dealkylation sites (N-methyl/N-ethyl adjacent to an activating group) is 1. The van der Waals surface area contributed by atoms with E-state index in [4.69, 9.17) is 9.84 Å². The molecule has 1 rings (SSSR count). The van der Waals surface area contributed by atoms with Crippen LogP contribution in [0.3, 0.4) is 0 Å². The Kier molecular flexibility index (Phi) is 5.21. The fourth-order valence-corrected chi connectivity index (χ4v) is 1.66. The molecule has 0 radical (unpaired) electrons. The summed E-state index contributed by atoms with van der Waals surface area (Å²) in [5.74, 6) is -1.41. The van der Waals surface area contributed by atoms with Gasteiger partial charge in [-0.25, -0.2) is 0 Å². The van der Waals surface area contributed by atoms with Gasteiger partial charge >= 0.3 is 5.97 Å². The van der Waals surface area contributed by atoms with Gasteiger partial charge in [-0.2, -0.15) is 0 Å². The van der Waals surface area contributed by atoms with E-state index in [-0.39, 0.29) is 18.6 Å². The van der Waals surface area contributed by atoms with Crippen molar-refractivity contribution in [1.82, 2.24) is 10.6 Å². The average molecular weight is 230 g/mol. The maximum absolute atomic E-state index is 11.1. The standard InChI is InChI=1S/C10H18N2O4/c1-2-12-9(13)6-16-8-3-7(10(14)15)4-11-5-8/h7-8,11H,2-6H2,1H3,(H,12,13)(H,14,15). The molecule has 0 aromatic carbocycles.